The van der Waals surface area contributed by atoms with Gasteiger partial charge in [0.25, 0.3) is 8.32 Å². The number of hydrogen-bond donors (Lipinski definition) is 0. The molecular formula is C44H49Cl2NO4Si. The molecule has 4 atom stereocenters. The zero-order valence-corrected chi connectivity index (χ0v) is 33.3. The van der Waals surface area contributed by atoms with Crippen molar-refractivity contribution in [1.29, 1.82) is 0 Å². The van der Waals surface area contributed by atoms with Crippen LogP contribution in [0.25, 0.3) is 0 Å². The highest BCUT2D eigenvalue weighted by molar-refractivity contribution is 6.99. The molecule has 2 saturated carbocycles. The van der Waals surface area contributed by atoms with Gasteiger partial charge in [-0.1, -0.05) is 129 Å². The normalized spacial score (nSPS) is 23.6. The fourth-order valence-electron chi connectivity index (χ4n) is 9.29. The number of halogens is 2. The number of methoxy groups -OCH3 is 1. The Kier molecular flexibility index (Phi) is 10.0. The van der Waals surface area contributed by atoms with Crippen molar-refractivity contribution in [2.75, 3.05) is 13.7 Å². The fourth-order valence-corrected chi connectivity index (χ4v) is 14.2. The Morgan fingerprint density at radius 3 is 1.94 bits per heavy atom. The maximum Gasteiger partial charge on any atom is 0.312 e. The number of nitrogens with zero attached hydrogens (tertiary/aromatic N) is 1. The molecule has 4 aromatic carbocycles. The molecule has 1 unspecified atom stereocenters. The lowest BCUT2D eigenvalue weighted by atomic mass is 9.61. The molecule has 0 spiro atoms. The van der Waals surface area contributed by atoms with Crippen molar-refractivity contribution in [2.45, 2.75) is 82.8 Å². The summed E-state index contributed by atoms with van der Waals surface area (Å²) < 4.78 is 13.1. The highest BCUT2D eigenvalue weighted by atomic mass is 35.5. The lowest BCUT2D eigenvalue weighted by molar-refractivity contribution is -0.173. The van der Waals surface area contributed by atoms with Gasteiger partial charge in [-0.05, 0) is 95.7 Å². The summed E-state index contributed by atoms with van der Waals surface area (Å²) in [5.41, 5.74) is 0.162. The van der Waals surface area contributed by atoms with E-state index in [1.54, 1.807) is 0 Å². The first-order valence-corrected chi connectivity index (χ1v) is 21.2. The van der Waals surface area contributed by atoms with Gasteiger partial charge in [0.05, 0.1) is 36.6 Å². The third-order valence-corrected chi connectivity index (χ3v) is 17.8. The van der Waals surface area contributed by atoms with Crippen LogP contribution in [0.2, 0.25) is 15.1 Å². The van der Waals surface area contributed by atoms with Crippen LogP contribution in [-0.4, -0.2) is 44.9 Å². The summed E-state index contributed by atoms with van der Waals surface area (Å²) in [5, 5.41) is 3.45. The van der Waals surface area contributed by atoms with Crippen LogP contribution in [0, 0.1) is 16.7 Å². The first-order valence-electron chi connectivity index (χ1n) is 18.5. The number of hydrogen-bond acceptors (Lipinski definition) is 4. The SMILES string of the molecule is COC(=O)C1([C@@]2(C)C[C@H](c3cccc(Cl)c3)C(c3ccc(Cl)cc3)N([C@H](CO[Si](c3ccccc3)(c3ccccc3)C(C)(C)C)C3CC3)C2=O)CC1. The number of benzene rings is 4. The van der Waals surface area contributed by atoms with Gasteiger partial charge in [-0.3, -0.25) is 9.59 Å². The second-order valence-electron chi connectivity index (χ2n) is 16.4. The number of amides is 1. The molecule has 0 N–H and O–H groups in total. The Balaban J connectivity index is 1.41. The van der Waals surface area contributed by atoms with Gasteiger partial charge >= 0.3 is 5.97 Å². The van der Waals surface area contributed by atoms with E-state index in [1.807, 2.05) is 49.4 Å². The van der Waals surface area contributed by atoms with E-state index in [0.29, 0.717) is 35.9 Å². The smallest absolute Gasteiger partial charge is 0.312 e. The fraction of sp³-hybridized carbons (Fsp3) is 0.409. The van der Waals surface area contributed by atoms with E-state index in [4.69, 9.17) is 32.4 Å². The van der Waals surface area contributed by atoms with E-state index in [1.165, 1.54) is 17.5 Å². The Labute approximate surface area is 319 Å². The molecule has 0 bridgehead atoms. The van der Waals surface area contributed by atoms with Gasteiger partial charge in [0.15, 0.2) is 0 Å². The van der Waals surface area contributed by atoms with Crippen LogP contribution in [0.15, 0.2) is 109 Å². The third-order valence-electron chi connectivity index (χ3n) is 12.3. The van der Waals surface area contributed by atoms with Crippen LogP contribution in [0.3, 0.4) is 0 Å². The predicted octanol–water partition coefficient (Wildman–Crippen LogP) is 9.37. The number of esters is 1. The highest BCUT2D eigenvalue weighted by Crippen LogP contribution is 2.67. The summed E-state index contributed by atoms with van der Waals surface area (Å²) in [6.07, 6.45) is 3.74. The van der Waals surface area contributed by atoms with E-state index in [0.717, 1.165) is 24.0 Å². The molecule has 5 nitrogen and oxygen atoms in total. The van der Waals surface area contributed by atoms with Crippen LogP contribution >= 0.6 is 23.2 Å². The van der Waals surface area contributed by atoms with Crippen LogP contribution < -0.4 is 10.4 Å². The van der Waals surface area contributed by atoms with Crippen molar-refractivity contribution >= 4 is 53.8 Å². The molecule has 8 heteroatoms. The minimum Gasteiger partial charge on any atom is -0.469 e. The van der Waals surface area contributed by atoms with Gasteiger partial charge in [0.1, 0.15) is 0 Å². The molecule has 52 heavy (non-hydrogen) atoms. The molecule has 1 amide bonds. The molecule has 1 aliphatic heterocycles. The second-order valence-corrected chi connectivity index (χ2v) is 21.5. The van der Waals surface area contributed by atoms with Crippen LogP contribution in [0.1, 0.15) is 82.9 Å². The molecule has 4 aromatic rings. The van der Waals surface area contributed by atoms with E-state index in [-0.39, 0.29) is 40.8 Å². The van der Waals surface area contributed by atoms with Gasteiger partial charge in [-0.2, -0.15) is 0 Å². The summed E-state index contributed by atoms with van der Waals surface area (Å²) >= 11 is 13.2. The van der Waals surface area contributed by atoms with E-state index in [2.05, 4.69) is 92.4 Å². The first kappa shape index (κ1) is 36.9. The molecule has 1 heterocycles. The molecule has 7 rings (SSSR count). The minimum atomic E-state index is -2.94. The molecule has 0 radical (unpaired) electrons. The maximum absolute atomic E-state index is 15.7. The topological polar surface area (TPSA) is 55.8 Å². The number of carbonyl (C=O) groups excluding carboxylic acids is 2. The van der Waals surface area contributed by atoms with Crippen molar-refractivity contribution in [3.05, 3.63) is 130 Å². The molecule has 3 aliphatic rings. The van der Waals surface area contributed by atoms with Crippen LogP contribution in [0.4, 0.5) is 0 Å². The molecular weight excluding hydrogens is 705 g/mol. The number of likely N-dealkylation sites (tertiary alicyclic amines) is 1. The maximum atomic E-state index is 15.7. The van der Waals surface area contributed by atoms with E-state index < -0.39 is 19.1 Å². The van der Waals surface area contributed by atoms with Gasteiger partial charge in [-0.25, -0.2) is 0 Å². The number of ether oxygens (including phenoxy) is 1. The second kappa shape index (κ2) is 14.1. The number of piperidine rings is 1. The molecule has 0 aromatic heterocycles. The van der Waals surface area contributed by atoms with Crippen molar-refractivity contribution in [1.82, 2.24) is 4.90 Å². The monoisotopic (exact) mass is 753 g/mol. The Hall–Kier alpha value is -3.42. The predicted molar refractivity (Wildman–Crippen MR) is 212 cm³/mol. The third kappa shape index (κ3) is 6.34. The Morgan fingerprint density at radius 1 is 0.846 bits per heavy atom. The standard InChI is InChI=1S/C44H49Cl2NO4Si/c1-42(2,3)52(35-15-8-6-9-16-35,36-17-10-7-11-18-36)51-29-38(30-19-20-30)47-39(31-21-23-33(45)24-22-31)37(32-13-12-14-34(46)27-32)28-43(4,40(47)48)44(25-26-44)41(49)50-5/h6-18,21-24,27,30,37-39H,19-20,25-26,28-29H2,1-5H3/t37-,38-,39?,43+/m1/s1. The van der Waals surface area contributed by atoms with Crippen LogP contribution in [-0.2, 0) is 18.8 Å². The molecule has 2 aliphatic carbocycles. The zero-order chi connectivity index (χ0) is 36.9. The Morgan fingerprint density at radius 2 is 1.44 bits per heavy atom. The Bertz CT molecular complexity index is 1870. The van der Waals surface area contributed by atoms with E-state index in [9.17, 15) is 4.79 Å². The zero-order valence-electron chi connectivity index (χ0n) is 30.8. The molecule has 3 fully saturated rings. The molecule has 272 valence electrons. The van der Waals surface area contributed by atoms with Crippen molar-refractivity contribution in [3.63, 3.8) is 0 Å². The van der Waals surface area contributed by atoms with Crippen LogP contribution in [0.5, 0.6) is 0 Å². The lowest BCUT2D eigenvalue weighted by Crippen LogP contribution is -2.68. The summed E-state index contributed by atoms with van der Waals surface area (Å²) in [4.78, 5) is 31.5. The quantitative estimate of drug-likeness (QED) is 0.113. The highest BCUT2D eigenvalue weighted by Gasteiger charge is 2.70. The lowest BCUT2D eigenvalue weighted by Gasteiger charge is -2.54. The largest absolute Gasteiger partial charge is 0.469 e. The number of rotatable bonds is 11. The van der Waals surface area contributed by atoms with Crippen molar-refractivity contribution in [3.8, 4) is 0 Å². The van der Waals surface area contributed by atoms with Gasteiger partial charge in [0, 0.05) is 16.0 Å². The van der Waals surface area contributed by atoms with Gasteiger partial charge < -0.3 is 14.1 Å². The number of carbonyl (C=O) groups is 2. The van der Waals surface area contributed by atoms with Crippen molar-refractivity contribution < 1.29 is 18.8 Å². The average Bonchev–Trinajstić information content (AvgIpc) is 4.08. The molecule has 1 saturated heterocycles. The summed E-state index contributed by atoms with van der Waals surface area (Å²) in [7, 11) is -1.51. The summed E-state index contributed by atoms with van der Waals surface area (Å²) in [6.45, 7) is 9.24. The van der Waals surface area contributed by atoms with E-state index >= 15 is 4.79 Å². The van der Waals surface area contributed by atoms with Crippen molar-refractivity contribution in [2.24, 2.45) is 16.7 Å². The average molecular weight is 755 g/mol. The first-order chi connectivity index (χ1) is 24.9. The van der Waals surface area contributed by atoms with Gasteiger partial charge in [0.2, 0.25) is 5.91 Å². The summed E-state index contributed by atoms with van der Waals surface area (Å²) in [6, 6.07) is 36.7. The summed E-state index contributed by atoms with van der Waals surface area (Å²) in [5.74, 6) is -0.201. The minimum absolute atomic E-state index is 0.00317. The van der Waals surface area contributed by atoms with Gasteiger partial charge in [-0.15, -0.1) is 0 Å².